The molecule has 1 aliphatic heterocycles. The highest BCUT2D eigenvalue weighted by Gasteiger charge is 2.24. The van der Waals surface area contributed by atoms with Crippen LogP contribution in [0.2, 0.25) is 0 Å². The van der Waals surface area contributed by atoms with Gasteiger partial charge in [-0.15, -0.1) is 0 Å². The molecule has 0 fully saturated rings. The first-order chi connectivity index (χ1) is 8.68. The average Bonchev–Trinajstić information content (AvgIpc) is 2.48. The van der Waals surface area contributed by atoms with E-state index >= 15 is 0 Å². The van der Waals surface area contributed by atoms with Gasteiger partial charge in [0.15, 0.2) is 0 Å². The molecule has 2 rings (SSSR count). The molecule has 1 aromatic rings. The maximum Gasteiger partial charge on any atom is 0.0125 e. The summed E-state index contributed by atoms with van der Waals surface area (Å²) in [5.41, 5.74) is 5.13. The largest absolute Gasteiger partial charge is 0.298 e. The summed E-state index contributed by atoms with van der Waals surface area (Å²) in [6.07, 6.45) is 2.38. The van der Waals surface area contributed by atoms with E-state index in [1.165, 1.54) is 31.5 Å². The molecule has 1 heterocycles. The van der Waals surface area contributed by atoms with Crippen LogP contribution in [-0.2, 0) is 18.3 Å². The number of hydrogen-bond acceptors (Lipinski definition) is 1. The van der Waals surface area contributed by atoms with Crippen molar-refractivity contribution in [3.05, 3.63) is 34.9 Å². The molecule has 1 aromatic carbocycles. The lowest BCUT2D eigenvalue weighted by molar-refractivity contribution is 0.144. The van der Waals surface area contributed by atoms with Crippen LogP contribution in [-0.4, -0.2) is 23.5 Å². The van der Waals surface area contributed by atoms with Crippen molar-refractivity contribution in [3.8, 4) is 0 Å². The second-order valence-corrected chi connectivity index (χ2v) is 7.89. The fourth-order valence-corrected chi connectivity index (χ4v) is 2.86. The van der Waals surface area contributed by atoms with Crippen molar-refractivity contribution >= 4 is 0 Å². The van der Waals surface area contributed by atoms with Crippen molar-refractivity contribution in [1.29, 1.82) is 0 Å². The van der Waals surface area contributed by atoms with Gasteiger partial charge in [-0.2, -0.15) is 0 Å². The van der Waals surface area contributed by atoms with Gasteiger partial charge in [0, 0.05) is 18.6 Å². The fraction of sp³-hybridized carbons (Fsp3) is 0.667. The van der Waals surface area contributed by atoms with Crippen LogP contribution in [0.3, 0.4) is 0 Å². The molecule has 106 valence electrons. The Kier molecular flexibility index (Phi) is 3.79. The van der Waals surface area contributed by atoms with E-state index in [2.05, 4.69) is 64.6 Å². The summed E-state index contributed by atoms with van der Waals surface area (Å²) in [5.74, 6) is 0. The zero-order valence-electron chi connectivity index (χ0n) is 13.5. The first-order valence-corrected chi connectivity index (χ1v) is 7.55. The summed E-state index contributed by atoms with van der Waals surface area (Å²) in [5, 5.41) is 0. The van der Waals surface area contributed by atoms with E-state index < -0.39 is 0 Å². The van der Waals surface area contributed by atoms with Gasteiger partial charge in [-0.1, -0.05) is 39.0 Å². The SMILES string of the molecule is CC(C)(C)c1ccc2c(c1)CCN(C(C)(C)C)CC2. The molecule has 0 N–H and O–H groups in total. The molecule has 19 heavy (non-hydrogen) atoms. The number of nitrogens with zero attached hydrogens (tertiary/aromatic N) is 1. The van der Waals surface area contributed by atoms with Gasteiger partial charge in [0.05, 0.1) is 0 Å². The summed E-state index contributed by atoms with van der Waals surface area (Å²) in [6, 6.07) is 7.13. The molecule has 0 amide bonds. The second-order valence-electron chi connectivity index (χ2n) is 7.89. The number of hydrogen-bond donors (Lipinski definition) is 0. The van der Waals surface area contributed by atoms with Crippen LogP contribution in [0.4, 0.5) is 0 Å². The van der Waals surface area contributed by atoms with Crippen LogP contribution in [0.15, 0.2) is 18.2 Å². The Hall–Kier alpha value is -0.820. The highest BCUT2D eigenvalue weighted by atomic mass is 15.2. The molecule has 0 bridgehead atoms. The van der Waals surface area contributed by atoms with E-state index in [-0.39, 0.29) is 11.0 Å². The van der Waals surface area contributed by atoms with Gasteiger partial charge < -0.3 is 0 Å². The van der Waals surface area contributed by atoms with Gasteiger partial charge in [0.25, 0.3) is 0 Å². The van der Waals surface area contributed by atoms with Gasteiger partial charge in [-0.3, -0.25) is 4.90 Å². The summed E-state index contributed by atoms with van der Waals surface area (Å²) >= 11 is 0. The van der Waals surface area contributed by atoms with E-state index in [1.54, 1.807) is 11.1 Å². The Balaban J connectivity index is 2.24. The smallest absolute Gasteiger partial charge is 0.0125 e. The lowest BCUT2D eigenvalue weighted by Crippen LogP contribution is -2.42. The van der Waals surface area contributed by atoms with E-state index in [9.17, 15) is 0 Å². The monoisotopic (exact) mass is 259 g/mol. The number of rotatable bonds is 0. The Morgan fingerprint density at radius 1 is 0.842 bits per heavy atom. The van der Waals surface area contributed by atoms with Gasteiger partial charge in [0.1, 0.15) is 0 Å². The third-order valence-electron chi connectivity index (χ3n) is 4.32. The highest BCUT2D eigenvalue weighted by Crippen LogP contribution is 2.27. The first-order valence-electron chi connectivity index (χ1n) is 7.55. The van der Waals surface area contributed by atoms with Crippen LogP contribution in [0, 0.1) is 0 Å². The Labute approximate surface area is 119 Å². The molecule has 0 saturated heterocycles. The van der Waals surface area contributed by atoms with Gasteiger partial charge in [-0.25, -0.2) is 0 Å². The van der Waals surface area contributed by atoms with Crippen LogP contribution in [0.1, 0.15) is 58.2 Å². The van der Waals surface area contributed by atoms with E-state index in [1.807, 2.05) is 0 Å². The topological polar surface area (TPSA) is 3.24 Å². The lowest BCUT2D eigenvalue weighted by atomic mass is 9.84. The molecule has 1 aliphatic rings. The minimum atomic E-state index is 0.255. The molecule has 0 atom stereocenters. The second kappa shape index (κ2) is 4.94. The van der Waals surface area contributed by atoms with Crippen molar-refractivity contribution in [2.75, 3.05) is 13.1 Å². The average molecular weight is 259 g/mol. The summed E-state index contributed by atoms with van der Waals surface area (Å²) in [7, 11) is 0. The van der Waals surface area contributed by atoms with Crippen LogP contribution >= 0.6 is 0 Å². The predicted octanol–water partition coefficient (Wildman–Crippen LogP) is 4.18. The fourth-order valence-electron chi connectivity index (χ4n) is 2.86. The Bertz CT molecular complexity index is 446. The third kappa shape index (κ3) is 3.39. The number of benzene rings is 1. The van der Waals surface area contributed by atoms with Crippen molar-refractivity contribution in [3.63, 3.8) is 0 Å². The van der Waals surface area contributed by atoms with Crippen LogP contribution in [0.25, 0.3) is 0 Å². The molecular weight excluding hydrogens is 230 g/mol. The Morgan fingerprint density at radius 2 is 1.42 bits per heavy atom. The molecule has 0 saturated carbocycles. The standard InChI is InChI=1S/C18H29N/c1-17(2,3)16-8-7-14-9-11-19(18(4,5)6)12-10-15(14)13-16/h7-8,13H,9-12H2,1-6H3. The van der Waals surface area contributed by atoms with Gasteiger partial charge in [-0.05, 0) is 55.7 Å². The highest BCUT2D eigenvalue weighted by molar-refractivity contribution is 5.36. The van der Waals surface area contributed by atoms with Crippen LogP contribution < -0.4 is 0 Å². The molecule has 1 nitrogen and oxygen atoms in total. The van der Waals surface area contributed by atoms with Gasteiger partial charge >= 0.3 is 0 Å². The maximum atomic E-state index is 2.61. The first kappa shape index (κ1) is 14.6. The minimum Gasteiger partial charge on any atom is -0.298 e. The van der Waals surface area contributed by atoms with Crippen molar-refractivity contribution in [2.24, 2.45) is 0 Å². The van der Waals surface area contributed by atoms with Crippen molar-refractivity contribution < 1.29 is 0 Å². The summed E-state index contributed by atoms with van der Waals surface area (Å²) < 4.78 is 0. The lowest BCUT2D eigenvalue weighted by Gasteiger charge is -2.34. The summed E-state index contributed by atoms with van der Waals surface area (Å²) in [4.78, 5) is 2.61. The summed E-state index contributed by atoms with van der Waals surface area (Å²) in [6.45, 7) is 16.2. The number of fused-ring (bicyclic) bond motifs is 1. The molecular formula is C18H29N. The van der Waals surface area contributed by atoms with E-state index in [0.29, 0.717) is 0 Å². The Morgan fingerprint density at radius 3 is 1.95 bits per heavy atom. The van der Waals surface area contributed by atoms with Crippen molar-refractivity contribution in [2.45, 2.75) is 65.3 Å². The van der Waals surface area contributed by atoms with E-state index in [4.69, 9.17) is 0 Å². The predicted molar refractivity (Wildman–Crippen MR) is 83.9 cm³/mol. The molecule has 1 heteroatoms. The maximum absolute atomic E-state index is 2.61. The van der Waals surface area contributed by atoms with Gasteiger partial charge in [0.2, 0.25) is 0 Å². The molecule has 0 aromatic heterocycles. The van der Waals surface area contributed by atoms with E-state index in [0.717, 1.165) is 0 Å². The normalized spacial score (nSPS) is 18.0. The molecule has 0 spiro atoms. The zero-order valence-corrected chi connectivity index (χ0v) is 13.5. The molecule has 0 radical (unpaired) electrons. The van der Waals surface area contributed by atoms with Crippen LogP contribution in [0.5, 0.6) is 0 Å². The third-order valence-corrected chi connectivity index (χ3v) is 4.32. The quantitative estimate of drug-likeness (QED) is 0.675. The van der Waals surface area contributed by atoms with Crippen molar-refractivity contribution in [1.82, 2.24) is 4.90 Å². The minimum absolute atomic E-state index is 0.255. The zero-order chi connectivity index (χ0) is 14.3. The molecule has 0 unspecified atom stereocenters. The molecule has 0 aliphatic carbocycles.